The minimum Gasteiger partial charge on any atom is -0.444 e. The van der Waals surface area contributed by atoms with Gasteiger partial charge in [-0.1, -0.05) is 30.3 Å². The lowest BCUT2D eigenvalue weighted by Crippen LogP contribution is -2.43. The predicted octanol–water partition coefficient (Wildman–Crippen LogP) is 3.96. The highest BCUT2D eigenvalue weighted by Gasteiger charge is 2.34. The molecule has 2 rings (SSSR count). The van der Waals surface area contributed by atoms with Crippen LogP contribution < -0.4 is 0 Å². The number of likely N-dealkylation sites (tertiary alicyclic amines) is 1. The second kappa shape index (κ2) is 6.95. The maximum atomic E-state index is 12.5. The Morgan fingerprint density at radius 3 is 2.59 bits per heavy atom. The van der Waals surface area contributed by atoms with E-state index in [0.717, 1.165) is 24.7 Å². The molecule has 0 bridgehead atoms. The van der Waals surface area contributed by atoms with Crippen LogP contribution in [0.25, 0.3) is 0 Å². The zero-order chi connectivity index (χ0) is 16.2. The van der Waals surface area contributed by atoms with Crippen molar-refractivity contribution in [3.05, 3.63) is 35.9 Å². The van der Waals surface area contributed by atoms with Gasteiger partial charge in [-0.25, -0.2) is 4.79 Å². The van der Waals surface area contributed by atoms with Crippen LogP contribution in [0.5, 0.6) is 0 Å². The third-order valence-electron chi connectivity index (χ3n) is 3.95. The standard InChI is InChI=1S/C18H25NO3/c1-18(2,3)22-17(21)19-11-9-14(10-12-20)13-16(19)15-7-5-4-6-8-15/h4-8,12,14,16H,9-11,13H2,1-3H3. The van der Waals surface area contributed by atoms with E-state index in [1.54, 1.807) is 0 Å². The summed E-state index contributed by atoms with van der Waals surface area (Å²) in [6, 6.07) is 9.97. The molecule has 1 fully saturated rings. The molecule has 120 valence electrons. The summed E-state index contributed by atoms with van der Waals surface area (Å²) in [6.07, 6.45) is 2.93. The molecule has 1 aromatic rings. The van der Waals surface area contributed by atoms with Crippen LogP contribution in [0, 0.1) is 5.92 Å². The van der Waals surface area contributed by atoms with Crippen molar-refractivity contribution >= 4 is 12.4 Å². The Kier molecular flexibility index (Phi) is 5.22. The molecular formula is C18H25NO3. The van der Waals surface area contributed by atoms with E-state index >= 15 is 0 Å². The largest absolute Gasteiger partial charge is 0.444 e. The first-order valence-electron chi connectivity index (χ1n) is 7.89. The van der Waals surface area contributed by atoms with E-state index in [1.165, 1.54) is 0 Å². The van der Waals surface area contributed by atoms with Crippen molar-refractivity contribution < 1.29 is 14.3 Å². The summed E-state index contributed by atoms with van der Waals surface area (Å²) < 4.78 is 5.54. The first-order chi connectivity index (χ1) is 10.4. The second-order valence-corrected chi connectivity index (χ2v) is 6.89. The number of carbonyl (C=O) groups excluding carboxylic acids is 2. The van der Waals surface area contributed by atoms with Gasteiger partial charge in [-0.05, 0) is 45.1 Å². The molecule has 1 aromatic carbocycles. The van der Waals surface area contributed by atoms with Gasteiger partial charge >= 0.3 is 6.09 Å². The molecule has 2 unspecified atom stereocenters. The van der Waals surface area contributed by atoms with E-state index in [-0.39, 0.29) is 12.1 Å². The number of piperidine rings is 1. The molecule has 1 heterocycles. The molecule has 4 heteroatoms. The topological polar surface area (TPSA) is 46.6 Å². The summed E-state index contributed by atoms with van der Waals surface area (Å²) in [5.41, 5.74) is 0.599. The second-order valence-electron chi connectivity index (χ2n) is 6.89. The number of nitrogens with zero attached hydrogens (tertiary/aromatic N) is 1. The number of amides is 1. The maximum Gasteiger partial charge on any atom is 0.410 e. The fourth-order valence-corrected chi connectivity index (χ4v) is 2.92. The lowest BCUT2D eigenvalue weighted by Gasteiger charge is -2.40. The molecule has 0 aromatic heterocycles. The van der Waals surface area contributed by atoms with Crippen LogP contribution in [0.3, 0.4) is 0 Å². The van der Waals surface area contributed by atoms with Crippen LogP contribution in [0.2, 0.25) is 0 Å². The molecule has 0 saturated carbocycles. The normalized spacial score (nSPS) is 22.2. The summed E-state index contributed by atoms with van der Waals surface area (Å²) in [4.78, 5) is 25.1. The molecule has 22 heavy (non-hydrogen) atoms. The Morgan fingerprint density at radius 1 is 1.32 bits per heavy atom. The fraction of sp³-hybridized carbons (Fsp3) is 0.556. The van der Waals surface area contributed by atoms with E-state index in [4.69, 9.17) is 4.74 Å². The summed E-state index contributed by atoms with van der Waals surface area (Å²) in [5, 5.41) is 0. The molecule has 1 saturated heterocycles. The lowest BCUT2D eigenvalue weighted by atomic mass is 9.86. The van der Waals surface area contributed by atoms with Gasteiger partial charge in [0.05, 0.1) is 6.04 Å². The Hall–Kier alpha value is -1.84. The number of aldehydes is 1. The zero-order valence-electron chi connectivity index (χ0n) is 13.6. The molecule has 0 spiro atoms. The predicted molar refractivity (Wildman–Crippen MR) is 85.5 cm³/mol. The number of rotatable bonds is 3. The van der Waals surface area contributed by atoms with Crippen LogP contribution in [-0.2, 0) is 9.53 Å². The van der Waals surface area contributed by atoms with Gasteiger partial charge < -0.3 is 14.4 Å². The number of ether oxygens (including phenoxy) is 1. The smallest absolute Gasteiger partial charge is 0.410 e. The molecule has 0 radical (unpaired) electrons. The zero-order valence-corrected chi connectivity index (χ0v) is 13.6. The number of carbonyl (C=O) groups is 2. The molecule has 1 aliphatic heterocycles. The van der Waals surface area contributed by atoms with Crippen molar-refractivity contribution in [1.29, 1.82) is 0 Å². The third kappa shape index (κ3) is 4.33. The lowest BCUT2D eigenvalue weighted by molar-refractivity contribution is -0.109. The van der Waals surface area contributed by atoms with Gasteiger partial charge in [0.15, 0.2) is 0 Å². The molecule has 1 aliphatic rings. The highest BCUT2D eigenvalue weighted by Crippen LogP contribution is 2.36. The molecule has 0 aliphatic carbocycles. The van der Waals surface area contributed by atoms with E-state index < -0.39 is 5.60 Å². The monoisotopic (exact) mass is 303 g/mol. The molecule has 4 nitrogen and oxygen atoms in total. The summed E-state index contributed by atoms with van der Waals surface area (Å²) in [7, 11) is 0. The molecule has 2 atom stereocenters. The summed E-state index contributed by atoms with van der Waals surface area (Å²) in [5.74, 6) is 0.335. The van der Waals surface area contributed by atoms with E-state index in [1.807, 2.05) is 56.0 Å². The number of hydrogen-bond donors (Lipinski definition) is 0. The SMILES string of the molecule is CC(C)(C)OC(=O)N1CCC(CC=O)CC1c1ccccc1. The minimum absolute atomic E-state index is 0.0188. The van der Waals surface area contributed by atoms with E-state index in [9.17, 15) is 9.59 Å². The summed E-state index contributed by atoms with van der Waals surface area (Å²) >= 11 is 0. The highest BCUT2D eigenvalue weighted by atomic mass is 16.6. The Balaban J connectivity index is 2.19. The fourth-order valence-electron chi connectivity index (χ4n) is 2.92. The van der Waals surface area contributed by atoms with E-state index in [2.05, 4.69) is 0 Å². The van der Waals surface area contributed by atoms with Crippen molar-refractivity contribution in [2.45, 2.75) is 51.7 Å². The van der Waals surface area contributed by atoms with Crippen LogP contribution in [0.15, 0.2) is 30.3 Å². The van der Waals surface area contributed by atoms with Crippen molar-refractivity contribution in [3.8, 4) is 0 Å². The van der Waals surface area contributed by atoms with Crippen LogP contribution in [0.1, 0.15) is 51.6 Å². The first-order valence-corrected chi connectivity index (χ1v) is 7.89. The average molecular weight is 303 g/mol. The Bertz CT molecular complexity index is 507. The quantitative estimate of drug-likeness (QED) is 0.794. The minimum atomic E-state index is -0.502. The molecular weight excluding hydrogens is 278 g/mol. The van der Waals surface area contributed by atoms with Crippen molar-refractivity contribution in [1.82, 2.24) is 4.90 Å². The van der Waals surface area contributed by atoms with Gasteiger partial charge in [0.2, 0.25) is 0 Å². The number of benzene rings is 1. The van der Waals surface area contributed by atoms with Crippen LogP contribution in [0.4, 0.5) is 4.79 Å². The first kappa shape index (κ1) is 16.5. The number of hydrogen-bond acceptors (Lipinski definition) is 3. The van der Waals surface area contributed by atoms with Crippen LogP contribution >= 0.6 is 0 Å². The Morgan fingerprint density at radius 2 is 2.00 bits per heavy atom. The van der Waals surface area contributed by atoms with Gasteiger partial charge in [0.1, 0.15) is 11.9 Å². The average Bonchev–Trinajstić information content (AvgIpc) is 2.46. The Labute approximate surface area is 132 Å². The van der Waals surface area contributed by atoms with Gasteiger partial charge in [0.25, 0.3) is 0 Å². The van der Waals surface area contributed by atoms with Gasteiger partial charge in [-0.15, -0.1) is 0 Å². The molecule has 1 amide bonds. The highest BCUT2D eigenvalue weighted by molar-refractivity contribution is 5.69. The van der Waals surface area contributed by atoms with E-state index in [0.29, 0.717) is 18.9 Å². The van der Waals surface area contributed by atoms with Gasteiger partial charge in [0, 0.05) is 13.0 Å². The summed E-state index contributed by atoms with van der Waals surface area (Å²) in [6.45, 7) is 6.26. The maximum absolute atomic E-state index is 12.5. The van der Waals surface area contributed by atoms with Crippen molar-refractivity contribution in [2.24, 2.45) is 5.92 Å². The molecule has 0 N–H and O–H groups in total. The van der Waals surface area contributed by atoms with Crippen LogP contribution in [-0.4, -0.2) is 29.4 Å². The van der Waals surface area contributed by atoms with Crippen molar-refractivity contribution in [2.75, 3.05) is 6.54 Å². The third-order valence-corrected chi connectivity index (χ3v) is 3.95. The van der Waals surface area contributed by atoms with Crippen molar-refractivity contribution in [3.63, 3.8) is 0 Å². The van der Waals surface area contributed by atoms with Gasteiger partial charge in [-0.2, -0.15) is 0 Å². The van der Waals surface area contributed by atoms with Gasteiger partial charge in [-0.3, -0.25) is 0 Å².